The van der Waals surface area contributed by atoms with E-state index in [4.69, 9.17) is 0 Å². The molecule has 2 aliphatic carbocycles. The minimum absolute atomic E-state index is 0.0291. The van der Waals surface area contributed by atoms with E-state index in [0.717, 1.165) is 6.42 Å². The highest BCUT2D eigenvalue weighted by Crippen LogP contribution is 2.53. The normalized spacial score (nSPS) is 45.2. The van der Waals surface area contributed by atoms with E-state index in [0.29, 0.717) is 12.8 Å². The van der Waals surface area contributed by atoms with Crippen LogP contribution >= 0.6 is 0 Å². The van der Waals surface area contributed by atoms with Gasteiger partial charge in [-0.1, -0.05) is 27.7 Å². The van der Waals surface area contributed by atoms with Gasteiger partial charge in [-0.3, -0.25) is 9.59 Å². The summed E-state index contributed by atoms with van der Waals surface area (Å²) in [5, 5.41) is 10.4. The van der Waals surface area contributed by atoms with Crippen LogP contribution < -0.4 is 0 Å². The molecular formula is C15H24O3. The molecule has 0 unspecified atom stereocenters. The molecular weight excluding hydrogens is 228 g/mol. The molecule has 0 amide bonds. The maximum atomic E-state index is 12.6. The van der Waals surface area contributed by atoms with Gasteiger partial charge in [0.05, 0.1) is 6.10 Å². The highest BCUT2D eigenvalue weighted by atomic mass is 16.3. The Morgan fingerprint density at radius 1 is 1.28 bits per heavy atom. The number of hydrogen-bond donors (Lipinski definition) is 1. The summed E-state index contributed by atoms with van der Waals surface area (Å²) >= 11 is 0. The molecule has 0 bridgehead atoms. The van der Waals surface area contributed by atoms with E-state index in [-0.39, 0.29) is 35.2 Å². The molecule has 0 heterocycles. The van der Waals surface area contributed by atoms with E-state index in [1.807, 2.05) is 27.7 Å². The Kier molecular flexibility index (Phi) is 3.39. The topological polar surface area (TPSA) is 54.4 Å². The Labute approximate surface area is 109 Å². The molecule has 2 aliphatic rings. The van der Waals surface area contributed by atoms with Crippen molar-refractivity contribution in [2.24, 2.45) is 29.1 Å². The quantitative estimate of drug-likeness (QED) is 0.778. The Balaban J connectivity index is 2.47. The number of fused-ring (bicyclic) bond motifs is 1. The SMILES string of the molecule is CC(C)[C@H]1C(=O)C[C@@]2(C)[C@@H]1C(=O)[C@@H](C)CC[C@@H]2O. The number of rotatable bonds is 1. The van der Waals surface area contributed by atoms with Crippen molar-refractivity contribution in [3.63, 3.8) is 0 Å². The molecule has 1 N–H and O–H groups in total. The monoisotopic (exact) mass is 252 g/mol. The minimum atomic E-state index is -0.534. The molecule has 3 heteroatoms. The van der Waals surface area contributed by atoms with Crippen molar-refractivity contribution in [1.82, 2.24) is 0 Å². The number of ketones is 2. The van der Waals surface area contributed by atoms with Crippen molar-refractivity contribution in [2.75, 3.05) is 0 Å². The molecule has 0 spiro atoms. The Morgan fingerprint density at radius 2 is 1.89 bits per heavy atom. The Morgan fingerprint density at radius 3 is 2.44 bits per heavy atom. The molecule has 0 aliphatic heterocycles. The van der Waals surface area contributed by atoms with Crippen LogP contribution in [0.2, 0.25) is 0 Å². The number of aliphatic hydroxyl groups is 1. The molecule has 2 saturated carbocycles. The van der Waals surface area contributed by atoms with Crippen LogP contribution in [0.3, 0.4) is 0 Å². The second-order valence-electron chi connectivity index (χ2n) is 6.79. The van der Waals surface area contributed by atoms with Crippen molar-refractivity contribution in [3.05, 3.63) is 0 Å². The number of carbonyl (C=O) groups is 2. The summed E-state index contributed by atoms with van der Waals surface area (Å²) in [6, 6.07) is 0. The summed E-state index contributed by atoms with van der Waals surface area (Å²) in [7, 11) is 0. The van der Waals surface area contributed by atoms with Crippen LogP contribution in [0.1, 0.15) is 47.0 Å². The van der Waals surface area contributed by atoms with Gasteiger partial charge in [0.15, 0.2) is 0 Å². The molecule has 0 aromatic rings. The number of aliphatic hydroxyl groups excluding tert-OH is 1. The fourth-order valence-corrected chi connectivity index (χ4v) is 3.97. The molecule has 0 radical (unpaired) electrons. The van der Waals surface area contributed by atoms with Gasteiger partial charge in [-0.25, -0.2) is 0 Å². The van der Waals surface area contributed by atoms with Gasteiger partial charge in [0.1, 0.15) is 11.6 Å². The maximum Gasteiger partial charge on any atom is 0.140 e. The number of carbonyl (C=O) groups excluding carboxylic acids is 2. The lowest BCUT2D eigenvalue weighted by Gasteiger charge is -2.35. The average molecular weight is 252 g/mol. The first kappa shape index (κ1) is 13.7. The van der Waals surface area contributed by atoms with E-state index < -0.39 is 11.5 Å². The van der Waals surface area contributed by atoms with Gasteiger partial charge in [-0.15, -0.1) is 0 Å². The first-order valence-electron chi connectivity index (χ1n) is 7.03. The second-order valence-corrected chi connectivity index (χ2v) is 6.79. The first-order valence-corrected chi connectivity index (χ1v) is 7.03. The lowest BCUT2D eigenvalue weighted by atomic mass is 9.69. The van der Waals surface area contributed by atoms with E-state index >= 15 is 0 Å². The smallest absolute Gasteiger partial charge is 0.140 e. The summed E-state index contributed by atoms with van der Waals surface area (Å²) in [4.78, 5) is 24.8. The average Bonchev–Trinajstić information content (AvgIpc) is 2.53. The van der Waals surface area contributed by atoms with Crippen molar-refractivity contribution in [2.45, 2.75) is 53.1 Å². The summed E-state index contributed by atoms with van der Waals surface area (Å²) < 4.78 is 0. The van der Waals surface area contributed by atoms with Crippen LogP contribution in [0.5, 0.6) is 0 Å². The molecule has 0 saturated heterocycles. The molecule has 2 fully saturated rings. The van der Waals surface area contributed by atoms with Crippen LogP contribution in [-0.2, 0) is 9.59 Å². The Hall–Kier alpha value is -0.700. The zero-order valence-electron chi connectivity index (χ0n) is 11.8. The van der Waals surface area contributed by atoms with Gasteiger partial charge in [0, 0.05) is 29.6 Å². The number of hydrogen-bond acceptors (Lipinski definition) is 3. The minimum Gasteiger partial charge on any atom is -0.393 e. The molecule has 5 atom stereocenters. The van der Waals surface area contributed by atoms with Gasteiger partial charge in [0.2, 0.25) is 0 Å². The third-order valence-electron chi connectivity index (χ3n) is 5.14. The Bertz CT molecular complexity index is 374. The predicted molar refractivity (Wildman–Crippen MR) is 69.0 cm³/mol. The van der Waals surface area contributed by atoms with E-state index in [1.165, 1.54) is 0 Å². The molecule has 102 valence electrons. The fraction of sp³-hybridized carbons (Fsp3) is 0.867. The van der Waals surface area contributed by atoms with Gasteiger partial charge >= 0.3 is 0 Å². The van der Waals surface area contributed by atoms with Gasteiger partial charge < -0.3 is 5.11 Å². The predicted octanol–water partition coefficient (Wildman–Crippen LogP) is 2.21. The summed E-state index contributed by atoms with van der Waals surface area (Å²) in [5.74, 6) is 0.0252. The molecule has 0 aromatic heterocycles. The van der Waals surface area contributed by atoms with Gasteiger partial charge in [-0.05, 0) is 18.8 Å². The zero-order chi connectivity index (χ0) is 13.7. The number of Topliss-reactive ketones (excluding diaryl/α,β-unsaturated/α-hetero) is 2. The van der Waals surface area contributed by atoms with Gasteiger partial charge in [0.25, 0.3) is 0 Å². The first-order chi connectivity index (χ1) is 8.29. The highest BCUT2D eigenvalue weighted by molar-refractivity contribution is 5.95. The van der Waals surface area contributed by atoms with E-state index in [1.54, 1.807) is 0 Å². The lowest BCUT2D eigenvalue weighted by Crippen LogP contribution is -2.41. The van der Waals surface area contributed by atoms with Gasteiger partial charge in [-0.2, -0.15) is 0 Å². The van der Waals surface area contributed by atoms with Crippen LogP contribution in [0.4, 0.5) is 0 Å². The third-order valence-corrected chi connectivity index (χ3v) is 5.14. The third kappa shape index (κ3) is 1.83. The molecule has 2 rings (SSSR count). The van der Waals surface area contributed by atoms with Crippen LogP contribution in [-0.4, -0.2) is 22.8 Å². The summed E-state index contributed by atoms with van der Waals surface area (Å²) in [6.07, 6.45) is 1.22. The van der Waals surface area contributed by atoms with Crippen LogP contribution in [0, 0.1) is 29.1 Å². The lowest BCUT2D eigenvalue weighted by molar-refractivity contribution is -0.134. The van der Waals surface area contributed by atoms with Crippen LogP contribution in [0.25, 0.3) is 0 Å². The summed E-state index contributed by atoms with van der Waals surface area (Å²) in [5.41, 5.74) is -0.534. The van der Waals surface area contributed by atoms with Crippen molar-refractivity contribution in [3.8, 4) is 0 Å². The van der Waals surface area contributed by atoms with Crippen molar-refractivity contribution < 1.29 is 14.7 Å². The largest absolute Gasteiger partial charge is 0.393 e. The molecule has 18 heavy (non-hydrogen) atoms. The fourth-order valence-electron chi connectivity index (χ4n) is 3.97. The van der Waals surface area contributed by atoms with Crippen molar-refractivity contribution >= 4 is 11.6 Å². The zero-order valence-corrected chi connectivity index (χ0v) is 11.8. The maximum absolute atomic E-state index is 12.6. The molecule has 3 nitrogen and oxygen atoms in total. The van der Waals surface area contributed by atoms with Crippen LogP contribution in [0.15, 0.2) is 0 Å². The highest BCUT2D eigenvalue weighted by Gasteiger charge is 2.58. The van der Waals surface area contributed by atoms with Crippen molar-refractivity contribution in [1.29, 1.82) is 0 Å². The van der Waals surface area contributed by atoms with E-state index in [2.05, 4.69) is 0 Å². The second kappa shape index (κ2) is 4.44. The molecule has 0 aromatic carbocycles. The summed E-state index contributed by atoms with van der Waals surface area (Å²) in [6.45, 7) is 7.87. The van der Waals surface area contributed by atoms with E-state index in [9.17, 15) is 14.7 Å². The standard InChI is InChI=1S/C15H24O3/c1-8(2)12-10(16)7-15(4)11(17)6-5-9(3)14(18)13(12)15/h8-9,11-13,17H,5-7H2,1-4H3/t9-,11-,12-,13-,15+/m0/s1.